The van der Waals surface area contributed by atoms with Gasteiger partial charge in [0.15, 0.2) is 0 Å². The first-order chi connectivity index (χ1) is 10.7. The summed E-state index contributed by atoms with van der Waals surface area (Å²) in [6, 6.07) is 6.67. The van der Waals surface area contributed by atoms with Crippen molar-refractivity contribution < 1.29 is 13.6 Å². The maximum atomic E-state index is 13.0. The lowest BCUT2D eigenvalue weighted by Gasteiger charge is -2.05. The molecule has 1 amide bonds. The fourth-order valence-electron chi connectivity index (χ4n) is 1.93. The molecule has 0 spiro atoms. The van der Waals surface area contributed by atoms with Gasteiger partial charge in [-0.2, -0.15) is 0 Å². The van der Waals surface area contributed by atoms with E-state index in [1.54, 1.807) is 18.7 Å². The molecule has 0 radical (unpaired) electrons. The average Bonchev–Trinajstić information content (AvgIpc) is 3.07. The van der Waals surface area contributed by atoms with Crippen LogP contribution in [0.25, 0.3) is 11.3 Å². The number of rotatable bonds is 4. The molecule has 0 saturated carbocycles. The highest BCUT2D eigenvalue weighted by molar-refractivity contribution is 5.93. The third-order valence-electron chi connectivity index (χ3n) is 3.06. The number of hydrogen-bond donors (Lipinski definition) is 1. The lowest BCUT2D eigenvalue weighted by Crippen LogP contribution is -2.23. The van der Waals surface area contributed by atoms with E-state index >= 15 is 0 Å². The molecule has 3 rings (SSSR count). The van der Waals surface area contributed by atoms with Gasteiger partial charge in [-0.15, -0.1) is 0 Å². The quantitative estimate of drug-likeness (QED) is 0.804. The Hall–Kier alpha value is -3.02. The standard InChI is InChI=1S/C16H12FN3O2/c17-14-5-13(8-18-9-14)16(21)20-7-11-1-2-15(19-6-11)12-3-4-22-10-12/h1-6,8-10H,7H2,(H,20,21). The highest BCUT2D eigenvalue weighted by Gasteiger charge is 2.07. The molecular formula is C16H12FN3O2. The zero-order valence-electron chi connectivity index (χ0n) is 11.5. The van der Waals surface area contributed by atoms with E-state index in [0.717, 1.165) is 29.1 Å². The first-order valence-electron chi connectivity index (χ1n) is 6.58. The van der Waals surface area contributed by atoms with Crippen LogP contribution in [0.5, 0.6) is 0 Å². The molecule has 0 bridgehead atoms. The molecule has 22 heavy (non-hydrogen) atoms. The first kappa shape index (κ1) is 13.9. The maximum Gasteiger partial charge on any atom is 0.253 e. The molecule has 3 aromatic heterocycles. The summed E-state index contributed by atoms with van der Waals surface area (Å²) in [6.45, 7) is 0.300. The van der Waals surface area contributed by atoms with Gasteiger partial charge >= 0.3 is 0 Å². The van der Waals surface area contributed by atoms with Crippen molar-refractivity contribution in [3.63, 3.8) is 0 Å². The van der Waals surface area contributed by atoms with Gasteiger partial charge in [-0.25, -0.2) is 4.39 Å². The number of nitrogens with one attached hydrogen (secondary N) is 1. The third kappa shape index (κ3) is 3.17. The molecule has 0 atom stereocenters. The lowest BCUT2D eigenvalue weighted by atomic mass is 10.2. The second-order valence-electron chi connectivity index (χ2n) is 4.64. The van der Waals surface area contributed by atoms with E-state index < -0.39 is 5.82 Å². The summed E-state index contributed by atoms with van der Waals surface area (Å²) >= 11 is 0. The molecule has 0 aliphatic rings. The summed E-state index contributed by atoms with van der Waals surface area (Å²) in [5.74, 6) is -0.926. The average molecular weight is 297 g/mol. The van der Waals surface area contributed by atoms with Gasteiger partial charge in [0.1, 0.15) is 5.82 Å². The Kier molecular flexibility index (Phi) is 3.91. The topological polar surface area (TPSA) is 68.0 Å². The molecule has 0 unspecified atom stereocenters. The number of amides is 1. The van der Waals surface area contributed by atoms with Crippen LogP contribution in [0.2, 0.25) is 0 Å². The molecule has 0 fully saturated rings. The number of hydrogen-bond acceptors (Lipinski definition) is 4. The predicted molar refractivity (Wildman–Crippen MR) is 77.3 cm³/mol. The number of halogens is 1. The molecule has 3 aromatic rings. The Morgan fingerprint density at radius 1 is 1.23 bits per heavy atom. The van der Waals surface area contributed by atoms with Crippen molar-refractivity contribution >= 4 is 5.91 Å². The van der Waals surface area contributed by atoms with E-state index in [1.165, 1.54) is 6.20 Å². The molecule has 6 heteroatoms. The number of aromatic nitrogens is 2. The number of pyridine rings is 2. The Morgan fingerprint density at radius 3 is 2.82 bits per heavy atom. The normalized spacial score (nSPS) is 10.4. The largest absolute Gasteiger partial charge is 0.472 e. The van der Waals surface area contributed by atoms with Crippen molar-refractivity contribution in [1.82, 2.24) is 15.3 Å². The molecule has 0 aliphatic carbocycles. The van der Waals surface area contributed by atoms with Crippen molar-refractivity contribution in [2.24, 2.45) is 0 Å². The molecule has 0 saturated heterocycles. The summed E-state index contributed by atoms with van der Waals surface area (Å²) in [5.41, 5.74) is 2.70. The fraction of sp³-hybridized carbons (Fsp3) is 0.0625. The minimum absolute atomic E-state index is 0.183. The van der Waals surface area contributed by atoms with Crippen LogP contribution in [0, 0.1) is 5.82 Å². The third-order valence-corrected chi connectivity index (χ3v) is 3.06. The Morgan fingerprint density at radius 2 is 2.14 bits per heavy atom. The Bertz CT molecular complexity index is 770. The van der Waals surface area contributed by atoms with Crippen molar-refractivity contribution in [1.29, 1.82) is 0 Å². The summed E-state index contributed by atoms with van der Waals surface area (Å²) in [7, 11) is 0. The molecule has 110 valence electrons. The molecule has 1 N–H and O–H groups in total. The smallest absolute Gasteiger partial charge is 0.253 e. The van der Waals surface area contributed by atoms with Gasteiger partial charge in [-0.05, 0) is 23.8 Å². The second kappa shape index (κ2) is 6.17. The molecule has 0 aromatic carbocycles. The number of carbonyl (C=O) groups excluding carboxylic acids is 1. The maximum absolute atomic E-state index is 13.0. The van der Waals surface area contributed by atoms with Crippen LogP contribution < -0.4 is 5.32 Å². The summed E-state index contributed by atoms with van der Waals surface area (Å²) in [4.78, 5) is 19.8. The molecular weight excluding hydrogens is 285 g/mol. The van der Waals surface area contributed by atoms with Crippen molar-refractivity contribution in [3.8, 4) is 11.3 Å². The molecule has 0 aliphatic heterocycles. The van der Waals surface area contributed by atoms with Gasteiger partial charge < -0.3 is 9.73 Å². The van der Waals surface area contributed by atoms with Crippen LogP contribution in [-0.2, 0) is 6.54 Å². The van der Waals surface area contributed by atoms with Crippen LogP contribution in [0.4, 0.5) is 4.39 Å². The predicted octanol–water partition coefficient (Wildman–Crippen LogP) is 2.81. The molecule has 5 nitrogen and oxygen atoms in total. The van der Waals surface area contributed by atoms with Gasteiger partial charge in [0, 0.05) is 24.5 Å². The van der Waals surface area contributed by atoms with E-state index in [2.05, 4.69) is 15.3 Å². The lowest BCUT2D eigenvalue weighted by molar-refractivity contribution is 0.0950. The Labute approximate surface area is 125 Å². The highest BCUT2D eigenvalue weighted by Crippen LogP contribution is 2.17. The van der Waals surface area contributed by atoms with Gasteiger partial charge in [0.25, 0.3) is 5.91 Å². The van der Waals surface area contributed by atoms with Gasteiger partial charge in [0.05, 0.1) is 30.0 Å². The van der Waals surface area contributed by atoms with Crippen LogP contribution in [0.15, 0.2) is 59.8 Å². The van der Waals surface area contributed by atoms with Gasteiger partial charge in [0.2, 0.25) is 0 Å². The van der Waals surface area contributed by atoms with Crippen LogP contribution in [0.1, 0.15) is 15.9 Å². The Balaban J connectivity index is 1.63. The minimum atomic E-state index is -0.543. The van der Waals surface area contributed by atoms with Crippen molar-refractivity contribution in [3.05, 3.63) is 72.3 Å². The monoisotopic (exact) mass is 297 g/mol. The van der Waals surface area contributed by atoms with E-state index in [-0.39, 0.29) is 11.5 Å². The van der Waals surface area contributed by atoms with E-state index in [9.17, 15) is 9.18 Å². The summed E-state index contributed by atoms with van der Waals surface area (Å²) in [5, 5.41) is 2.69. The van der Waals surface area contributed by atoms with Gasteiger partial charge in [-0.1, -0.05) is 6.07 Å². The summed E-state index contributed by atoms with van der Waals surface area (Å²) < 4.78 is 18.0. The summed E-state index contributed by atoms with van der Waals surface area (Å²) in [6.07, 6.45) is 7.24. The fourth-order valence-corrected chi connectivity index (χ4v) is 1.93. The van der Waals surface area contributed by atoms with Crippen molar-refractivity contribution in [2.75, 3.05) is 0 Å². The minimum Gasteiger partial charge on any atom is -0.472 e. The molecule has 3 heterocycles. The van der Waals surface area contributed by atoms with Crippen LogP contribution in [-0.4, -0.2) is 15.9 Å². The zero-order chi connectivity index (χ0) is 15.4. The van der Waals surface area contributed by atoms with Gasteiger partial charge in [-0.3, -0.25) is 14.8 Å². The number of nitrogens with zero attached hydrogens (tertiary/aromatic N) is 2. The first-order valence-corrected chi connectivity index (χ1v) is 6.58. The number of furan rings is 1. The number of carbonyl (C=O) groups is 1. The van der Waals surface area contributed by atoms with E-state index in [0.29, 0.717) is 6.54 Å². The zero-order valence-corrected chi connectivity index (χ0v) is 11.5. The van der Waals surface area contributed by atoms with Crippen LogP contribution in [0.3, 0.4) is 0 Å². The van der Waals surface area contributed by atoms with E-state index in [4.69, 9.17) is 4.42 Å². The SMILES string of the molecule is O=C(NCc1ccc(-c2ccoc2)nc1)c1cncc(F)c1. The second-order valence-corrected chi connectivity index (χ2v) is 4.64. The van der Waals surface area contributed by atoms with E-state index in [1.807, 2.05) is 18.2 Å². The van der Waals surface area contributed by atoms with Crippen molar-refractivity contribution in [2.45, 2.75) is 6.54 Å². The highest BCUT2D eigenvalue weighted by atomic mass is 19.1. The van der Waals surface area contributed by atoms with Crippen LogP contribution >= 0.6 is 0 Å².